The van der Waals surface area contributed by atoms with E-state index in [0.29, 0.717) is 10.8 Å². The van der Waals surface area contributed by atoms with Gasteiger partial charge in [-0.2, -0.15) is 0 Å². The Morgan fingerprint density at radius 2 is 1.92 bits per heavy atom. The van der Waals surface area contributed by atoms with Crippen LogP contribution in [0, 0.1) is 0 Å². The Morgan fingerprint density at radius 1 is 1.17 bits per heavy atom. The normalized spacial score (nSPS) is 12.1. The fourth-order valence-corrected chi connectivity index (χ4v) is 3.27. The lowest BCUT2D eigenvalue weighted by Gasteiger charge is -2.14. The highest BCUT2D eigenvalue weighted by atomic mass is 35.5. The molecule has 0 aliphatic rings. The first kappa shape index (κ1) is 16.7. The number of hydrogen-bond donors (Lipinski definition) is 1. The molecule has 6 heteroatoms. The zero-order valence-corrected chi connectivity index (χ0v) is 14.6. The molecule has 0 spiro atoms. The van der Waals surface area contributed by atoms with Crippen molar-refractivity contribution in [1.29, 1.82) is 0 Å². The molecule has 4 nitrogen and oxygen atoms in total. The van der Waals surface area contributed by atoms with Crippen LogP contribution >= 0.6 is 23.4 Å². The summed E-state index contributed by atoms with van der Waals surface area (Å²) in [5.74, 6) is 0.268. The molecule has 0 saturated heterocycles. The second-order valence-corrected chi connectivity index (χ2v) is 6.73. The second kappa shape index (κ2) is 7.64. The lowest BCUT2D eigenvalue weighted by Crippen LogP contribution is -2.28. The van der Waals surface area contributed by atoms with Crippen LogP contribution in [0.2, 0.25) is 5.02 Å². The van der Waals surface area contributed by atoms with E-state index in [9.17, 15) is 4.79 Å². The van der Waals surface area contributed by atoms with Crippen molar-refractivity contribution in [1.82, 2.24) is 15.3 Å². The van der Waals surface area contributed by atoms with Gasteiger partial charge in [-0.25, -0.2) is 9.97 Å². The average Bonchev–Trinajstić information content (AvgIpc) is 2.60. The molecular formula is C18H16ClN3OS. The Bertz CT molecular complexity index is 849. The van der Waals surface area contributed by atoms with Gasteiger partial charge in [0.25, 0.3) is 0 Å². The molecular weight excluding hydrogens is 342 g/mol. The largest absolute Gasteiger partial charge is 0.349 e. The standard InChI is InChI=1S/C18H16ClN3OS/c1-12(13-6-8-14(19)9-7-13)22-17(23)10-24-18-15-4-2-3-5-16(15)20-11-21-18/h2-9,11-12H,10H2,1H3,(H,22,23)/t12-/m0/s1. The van der Waals surface area contributed by atoms with Crippen molar-refractivity contribution >= 4 is 40.2 Å². The van der Waals surface area contributed by atoms with Gasteiger partial charge in [0.1, 0.15) is 11.4 Å². The van der Waals surface area contributed by atoms with E-state index in [4.69, 9.17) is 11.6 Å². The highest BCUT2D eigenvalue weighted by molar-refractivity contribution is 8.00. The van der Waals surface area contributed by atoms with E-state index in [1.54, 1.807) is 0 Å². The van der Waals surface area contributed by atoms with Crippen molar-refractivity contribution in [2.45, 2.75) is 18.0 Å². The topological polar surface area (TPSA) is 54.9 Å². The number of nitrogens with zero attached hydrogens (tertiary/aromatic N) is 2. The first-order chi connectivity index (χ1) is 11.6. The monoisotopic (exact) mass is 357 g/mol. The van der Waals surface area contributed by atoms with Crippen molar-refractivity contribution in [3.8, 4) is 0 Å². The Balaban J connectivity index is 1.62. The molecule has 0 bridgehead atoms. The molecule has 0 saturated carbocycles. The van der Waals surface area contributed by atoms with Gasteiger partial charge < -0.3 is 5.32 Å². The first-order valence-corrected chi connectivity index (χ1v) is 8.87. The van der Waals surface area contributed by atoms with Crippen molar-refractivity contribution < 1.29 is 4.79 Å². The van der Waals surface area contributed by atoms with Gasteiger partial charge in [-0.05, 0) is 30.7 Å². The SMILES string of the molecule is C[C@H](NC(=O)CSc1ncnc2ccccc12)c1ccc(Cl)cc1. The van der Waals surface area contributed by atoms with E-state index >= 15 is 0 Å². The number of rotatable bonds is 5. The summed E-state index contributed by atoms with van der Waals surface area (Å²) in [5, 5.41) is 5.45. The van der Waals surface area contributed by atoms with Crippen LogP contribution in [0.15, 0.2) is 59.9 Å². The van der Waals surface area contributed by atoms with Gasteiger partial charge in [-0.1, -0.05) is 53.7 Å². The minimum atomic E-state index is -0.0717. The molecule has 0 aliphatic carbocycles. The molecule has 24 heavy (non-hydrogen) atoms. The molecule has 1 N–H and O–H groups in total. The van der Waals surface area contributed by atoms with Crippen LogP contribution in [0.3, 0.4) is 0 Å². The highest BCUT2D eigenvalue weighted by Crippen LogP contribution is 2.24. The number of halogens is 1. The van der Waals surface area contributed by atoms with E-state index in [1.165, 1.54) is 18.1 Å². The van der Waals surface area contributed by atoms with Gasteiger partial charge in [0.2, 0.25) is 5.91 Å². The maximum Gasteiger partial charge on any atom is 0.230 e. The third-order valence-electron chi connectivity index (χ3n) is 3.59. The fourth-order valence-electron chi connectivity index (χ4n) is 2.35. The Morgan fingerprint density at radius 3 is 2.71 bits per heavy atom. The number of benzene rings is 2. The molecule has 1 amide bonds. The fraction of sp³-hybridized carbons (Fsp3) is 0.167. The first-order valence-electron chi connectivity index (χ1n) is 7.51. The van der Waals surface area contributed by atoms with Crippen LogP contribution in [0.25, 0.3) is 10.9 Å². The zero-order valence-electron chi connectivity index (χ0n) is 13.1. The molecule has 2 aromatic carbocycles. The summed E-state index contributed by atoms with van der Waals surface area (Å²) in [6, 6.07) is 15.2. The summed E-state index contributed by atoms with van der Waals surface area (Å²) in [4.78, 5) is 20.7. The van der Waals surface area contributed by atoms with Gasteiger partial charge >= 0.3 is 0 Å². The third kappa shape index (κ3) is 4.04. The summed E-state index contributed by atoms with van der Waals surface area (Å²) in [7, 11) is 0. The molecule has 122 valence electrons. The molecule has 0 aliphatic heterocycles. The second-order valence-electron chi connectivity index (χ2n) is 5.33. The van der Waals surface area contributed by atoms with Gasteiger partial charge in [-0.15, -0.1) is 0 Å². The molecule has 3 aromatic rings. The van der Waals surface area contributed by atoms with Gasteiger partial charge in [0.05, 0.1) is 17.3 Å². The van der Waals surface area contributed by atoms with Crippen LogP contribution in [0.1, 0.15) is 18.5 Å². The van der Waals surface area contributed by atoms with Crippen LogP contribution in [-0.2, 0) is 4.79 Å². The van der Waals surface area contributed by atoms with Crippen LogP contribution in [0.4, 0.5) is 0 Å². The van der Waals surface area contributed by atoms with Crippen molar-refractivity contribution in [3.63, 3.8) is 0 Å². The van der Waals surface area contributed by atoms with E-state index in [1.807, 2.05) is 55.5 Å². The van der Waals surface area contributed by atoms with Crippen molar-refractivity contribution in [2.24, 2.45) is 0 Å². The Kier molecular flexibility index (Phi) is 5.33. The van der Waals surface area contributed by atoms with Crippen LogP contribution in [-0.4, -0.2) is 21.6 Å². The zero-order chi connectivity index (χ0) is 16.9. The maximum absolute atomic E-state index is 12.2. The number of thioether (sulfide) groups is 1. The number of carbonyl (C=O) groups is 1. The maximum atomic E-state index is 12.2. The van der Waals surface area contributed by atoms with Crippen molar-refractivity contribution in [3.05, 3.63) is 65.4 Å². The third-order valence-corrected chi connectivity index (χ3v) is 4.85. The van der Waals surface area contributed by atoms with E-state index in [2.05, 4.69) is 15.3 Å². The highest BCUT2D eigenvalue weighted by Gasteiger charge is 2.11. The number of carbonyl (C=O) groups excluding carboxylic acids is 1. The molecule has 1 aromatic heterocycles. The molecule has 1 atom stereocenters. The van der Waals surface area contributed by atoms with E-state index < -0.39 is 0 Å². The molecule has 1 heterocycles. The van der Waals surface area contributed by atoms with Crippen LogP contribution < -0.4 is 5.32 Å². The summed E-state index contributed by atoms with van der Waals surface area (Å²) >= 11 is 7.30. The van der Waals surface area contributed by atoms with E-state index in [-0.39, 0.29) is 11.9 Å². The summed E-state index contributed by atoms with van der Waals surface area (Å²) < 4.78 is 0. The summed E-state index contributed by atoms with van der Waals surface area (Å²) in [6.45, 7) is 1.95. The van der Waals surface area contributed by atoms with Crippen LogP contribution in [0.5, 0.6) is 0 Å². The Hall–Kier alpha value is -2.11. The number of nitrogens with one attached hydrogen (secondary N) is 1. The molecule has 0 radical (unpaired) electrons. The number of aromatic nitrogens is 2. The van der Waals surface area contributed by atoms with E-state index in [0.717, 1.165) is 21.5 Å². The molecule has 3 rings (SSSR count). The lowest BCUT2D eigenvalue weighted by molar-refractivity contribution is -0.119. The minimum Gasteiger partial charge on any atom is -0.349 e. The van der Waals surface area contributed by atoms with Gasteiger partial charge in [-0.3, -0.25) is 4.79 Å². The summed E-state index contributed by atoms with van der Waals surface area (Å²) in [6.07, 6.45) is 1.53. The molecule has 0 fully saturated rings. The molecule has 0 unspecified atom stereocenters. The predicted octanol–water partition coefficient (Wildman–Crippen LogP) is 4.25. The van der Waals surface area contributed by atoms with Gasteiger partial charge in [0, 0.05) is 10.4 Å². The van der Waals surface area contributed by atoms with Crippen molar-refractivity contribution in [2.75, 3.05) is 5.75 Å². The lowest BCUT2D eigenvalue weighted by atomic mass is 10.1. The van der Waals surface area contributed by atoms with Gasteiger partial charge in [0.15, 0.2) is 0 Å². The quantitative estimate of drug-likeness (QED) is 0.547. The minimum absolute atomic E-state index is 0.0369. The average molecular weight is 358 g/mol. The predicted molar refractivity (Wildman–Crippen MR) is 98.3 cm³/mol. The number of para-hydroxylation sites is 1. The number of fused-ring (bicyclic) bond motifs is 1. The Labute approximate surface area is 149 Å². The number of amides is 1. The smallest absolute Gasteiger partial charge is 0.230 e. The summed E-state index contributed by atoms with van der Waals surface area (Å²) in [5.41, 5.74) is 1.90. The number of hydrogen-bond acceptors (Lipinski definition) is 4.